The molecule has 0 saturated heterocycles. The van der Waals surface area contributed by atoms with E-state index in [9.17, 15) is 0 Å². The quantitative estimate of drug-likeness (QED) is 0.461. The molecule has 0 amide bonds. The van der Waals surface area contributed by atoms with Crippen LogP contribution in [0.25, 0.3) is 0 Å². The van der Waals surface area contributed by atoms with Gasteiger partial charge in [0.25, 0.3) is 0 Å². The van der Waals surface area contributed by atoms with Crippen molar-refractivity contribution in [2.75, 3.05) is 0 Å². The second kappa shape index (κ2) is 3.34. The summed E-state index contributed by atoms with van der Waals surface area (Å²) < 4.78 is 0. The van der Waals surface area contributed by atoms with Gasteiger partial charge in [-0.3, -0.25) is 0 Å². The first-order valence-electron chi connectivity index (χ1n) is 3.43. The SMILES string of the molecule is CCc1cccc([NH2+]O)c1. The van der Waals surface area contributed by atoms with E-state index >= 15 is 0 Å². The van der Waals surface area contributed by atoms with Crippen LogP contribution in [-0.4, -0.2) is 5.21 Å². The van der Waals surface area contributed by atoms with Gasteiger partial charge in [0, 0.05) is 12.1 Å². The summed E-state index contributed by atoms with van der Waals surface area (Å²) >= 11 is 0. The van der Waals surface area contributed by atoms with E-state index in [1.807, 2.05) is 24.3 Å². The average molecular weight is 138 g/mol. The molecule has 0 aliphatic carbocycles. The zero-order chi connectivity index (χ0) is 7.40. The molecule has 10 heavy (non-hydrogen) atoms. The van der Waals surface area contributed by atoms with Crippen molar-refractivity contribution >= 4 is 5.69 Å². The Morgan fingerprint density at radius 2 is 2.30 bits per heavy atom. The molecule has 0 fully saturated rings. The predicted octanol–water partition coefficient (Wildman–Crippen LogP) is 0.833. The Morgan fingerprint density at radius 3 is 2.90 bits per heavy atom. The minimum Gasteiger partial charge on any atom is -0.215 e. The van der Waals surface area contributed by atoms with Crippen LogP contribution in [0.2, 0.25) is 0 Å². The predicted molar refractivity (Wildman–Crippen MR) is 39.2 cm³/mol. The summed E-state index contributed by atoms with van der Waals surface area (Å²) in [6.07, 6.45) is 1.02. The molecule has 0 heterocycles. The molecule has 0 aromatic heterocycles. The summed E-state index contributed by atoms with van der Waals surface area (Å²) in [5, 5.41) is 8.63. The Balaban J connectivity index is 2.87. The first-order chi connectivity index (χ1) is 4.86. The minimum atomic E-state index is 0.874. The number of rotatable bonds is 2. The molecule has 2 heteroatoms. The van der Waals surface area contributed by atoms with Crippen molar-refractivity contribution in [2.24, 2.45) is 0 Å². The maximum absolute atomic E-state index is 8.63. The first-order valence-corrected chi connectivity index (χ1v) is 3.43. The third kappa shape index (κ3) is 1.56. The van der Waals surface area contributed by atoms with E-state index < -0.39 is 0 Å². The first kappa shape index (κ1) is 7.25. The van der Waals surface area contributed by atoms with Crippen molar-refractivity contribution in [3.8, 4) is 0 Å². The van der Waals surface area contributed by atoms with Crippen molar-refractivity contribution < 1.29 is 10.7 Å². The van der Waals surface area contributed by atoms with E-state index in [1.165, 1.54) is 5.56 Å². The lowest BCUT2D eigenvalue weighted by atomic mass is 10.1. The molecule has 1 rings (SSSR count). The van der Waals surface area contributed by atoms with E-state index in [2.05, 4.69) is 6.92 Å². The van der Waals surface area contributed by atoms with Crippen molar-refractivity contribution in [1.29, 1.82) is 0 Å². The molecular weight excluding hydrogens is 126 g/mol. The fourth-order valence-electron chi connectivity index (χ4n) is 0.893. The molecular formula is C8H12NO+. The Hall–Kier alpha value is -0.860. The minimum absolute atomic E-state index is 0.874. The van der Waals surface area contributed by atoms with Crippen molar-refractivity contribution in [3.05, 3.63) is 29.8 Å². The Morgan fingerprint density at radius 1 is 1.50 bits per heavy atom. The molecule has 0 saturated carbocycles. The second-order valence-corrected chi connectivity index (χ2v) is 2.23. The summed E-state index contributed by atoms with van der Waals surface area (Å²) in [6, 6.07) is 7.84. The van der Waals surface area contributed by atoms with Crippen molar-refractivity contribution in [3.63, 3.8) is 0 Å². The topological polar surface area (TPSA) is 36.8 Å². The summed E-state index contributed by atoms with van der Waals surface area (Å²) in [5.41, 5.74) is 3.25. The molecule has 3 N–H and O–H groups in total. The molecule has 0 aliphatic heterocycles. The normalized spacial score (nSPS) is 9.80. The average Bonchev–Trinajstić information content (AvgIpc) is 2.05. The molecule has 0 radical (unpaired) electrons. The van der Waals surface area contributed by atoms with E-state index in [0.717, 1.165) is 17.6 Å². The number of hydrogen-bond donors (Lipinski definition) is 2. The Bertz CT molecular complexity index is 191. The lowest BCUT2D eigenvalue weighted by Gasteiger charge is -1.95. The van der Waals surface area contributed by atoms with Crippen LogP contribution in [-0.2, 0) is 6.42 Å². The molecule has 0 bridgehead atoms. The van der Waals surface area contributed by atoms with Crippen LogP contribution in [0.3, 0.4) is 0 Å². The van der Waals surface area contributed by atoms with Crippen LogP contribution in [0.15, 0.2) is 24.3 Å². The third-order valence-electron chi connectivity index (χ3n) is 1.51. The lowest BCUT2D eigenvalue weighted by Crippen LogP contribution is -2.73. The smallest absolute Gasteiger partial charge is 0.161 e. The number of hydrogen-bond acceptors (Lipinski definition) is 1. The molecule has 54 valence electrons. The molecule has 1 aromatic rings. The summed E-state index contributed by atoms with van der Waals surface area (Å²) in [6.45, 7) is 2.09. The van der Waals surface area contributed by atoms with Crippen LogP contribution in [0, 0.1) is 0 Å². The maximum atomic E-state index is 8.63. The van der Waals surface area contributed by atoms with E-state index in [-0.39, 0.29) is 0 Å². The fraction of sp³-hybridized carbons (Fsp3) is 0.250. The van der Waals surface area contributed by atoms with Crippen molar-refractivity contribution in [1.82, 2.24) is 0 Å². The maximum Gasteiger partial charge on any atom is 0.161 e. The van der Waals surface area contributed by atoms with Gasteiger partial charge in [-0.2, -0.15) is 5.48 Å². The monoisotopic (exact) mass is 138 g/mol. The van der Waals surface area contributed by atoms with E-state index in [0.29, 0.717) is 0 Å². The van der Waals surface area contributed by atoms with Gasteiger partial charge in [0.2, 0.25) is 0 Å². The Labute approximate surface area is 60.5 Å². The van der Waals surface area contributed by atoms with Crippen molar-refractivity contribution in [2.45, 2.75) is 13.3 Å². The highest BCUT2D eigenvalue weighted by molar-refractivity contribution is 5.32. The Kier molecular flexibility index (Phi) is 2.42. The number of benzene rings is 1. The third-order valence-corrected chi connectivity index (χ3v) is 1.51. The van der Waals surface area contributed by atoms with Gasteiger partial charge in [-0.25, -0.2) is 5.21 Å². The molecule has 0 atom stereocenters. The van der Waals surface area contributed by atoms with Gasteiger partial charge in [-0.05, 0) is 12.0 Å². The number of nitrogens with two attached hydrogens (primary N) is 1. The highest BCUT2D eigenvalue weighted by Crippen LogP contribution is 2.04. The van der Waals surface area contributed by atoms with Crippen LogP contribution in [0.1, 0.15) is 12.5 Å². The zero-order valence-corrected chi connectivity index (χ0v) is 6.04. The highest BCUT2D eigenvalue weighted by atomic mass is 16.5. The zero-order valence-electron chi connectivity index (χ0n) is 6.04. The van der Waals surface area contributed by atoms with Gasteiger partial charge in [0.05, 0.1) is 0 Å². The molecule has 0 unspecified atom stereocenters. The van der Waals surface area contributed by atoms with Gasteiger partial charge in [0.1, 0.15) is 0 Å². The lowest BCUT2D eigenvalue weighted by molar-refractivity contribution is -0.825. The van der Waals surface area contributed by atoms with E-state index in [1.54, 1.807) is 0 Å². The molecule has 0 aliphatic rings. The van der Waals surface area contributed by atoms with Gasteiger partial charge < -0.3 is 0 Å². The van der Waals surface area contributed by atoms with Gasteiger partial charge >= 0.3 is 0 Å². The summed E-state index contributed by atoms with van der Waals surface area (Å²) in [4.78, 5) is 0. The van der Waals surface area contributed by atoms with Gasteiger partial charge in [-0.1, -0.05) is 19.1 Å². The number of aryl methyl sites for hydroxylation is 1. The number of quaternary nitrogens is 1. The summed E-state index contributed by atoms with van der Waals surface area (Å²) in [7, 11) is 0. The van der Waals surface area contributed by atoms with Gasteiger partial charge in [0.15, 0.2) is 5.69 Å². The second-order valence-electron chi connectivity index (χ2n) is 2.23. The summed E-state index contributed by atoms with van der Waals surface area (Å²) in [5.74, 6) is 0. The highest BCUT2D eigenvalue weighted by Gasteiger charge is 1.93. The fourth-order valence-corrected chi connectivity index (χ4v) is 0.893. The molecule has 2 nitrogen and oxygen atoms in total. The van der Waals surface area contributed by atoms with Crippen LogP contribution < -0.4 is 5.48 Å². The van der Waals surface area contributed by atoms with E-state index in [4.69, 9.17) is 5.21 Å². The molecule has 0 spiro atoms. The largest absolute Gasteiger partial charge is 0.215 e. The van der Waals surface area contributed by atoms with Crippen LogP contribution in [0.5, 0.6) is 0 Å². The van der Waals surface area contributed by atoms with Gasteiger partial charge in [-0.15, -0.1) is 0 Å². The molecule has 1 aromatic carbocycles. The standard InChI is InChI=1S/C8H11NO/c1-2-7-4-3-5-8(6-7)9-10/h3-6,9-10H,2H2,1H3/p+1. The van der Waals surface area contributed by atoms with Crippen LogP contribution >= 0.6 is 0 Å². The van der Waals surface area contributed by atoms with Crippen LogP contribution in [0.4, 0.5) is 5.69 Å².